The van der Waals surface area contributed by atoms with Crippen LogP contribution in [0.2, 0.25) is 0 Å². The van der Waals surface area contributed by atoms with Gasteiger partial charge in [-0.3, -0.25) is 15.2 Å². The summed E-state index contributed by atoms with van der Waals surface area (Å²) in [6.45, 7) is 9.42. The number of nitro benzene ring substituents is 1. The number of hydrogen-bond donors (Lipinski definition) is 1. The Labute approximate surface area is 138 Å². The summed E-state index contributed by atoms with van der Waals surface area (Å²) in [5, 5.41) is 18.6. The van der Waals surface area contributed by atoms with Gasteiger partial charge in [0.1, 0.15) is 11.6 Å². The molecule has 7 heteroatoms. The van der Waals surface area contributed by atoms with Crippen molar-refractivity contribution in [3.8, 4) is 0 Å². The molecule has 7 nitrogen and oxygen atoms in total. The summed E-state index contributed by atoms with van der Waals surface area (Å²) >= 11 is 0. The van der Waals surface area contributed by atoms with Gasteiger partial charge < -0.3 is 4.85 Å². The highest BCUT2D eigenvalue weighted by Gasteiger charge is 2.48. The number of aromatic nitrogens is 2. The molecule has 1 fully saturated rings. The summed E-state index contributed by atoms with van der Waals surface area (Å²) in [7, 11) is 0. The topological polar surface area (TPSA) is 88.5 Å². The standard InChI is InChI=1S/C17H15N5O2/c1-9-4-3-5-11(16(9)22(23)24)13-12-8-19-21-17(12)20-14(10-6-7-10)15(13)18-2/h3-5,8,10,13,15H,6-7H2,1H3,(H,19,21). The van der Waals surface area contributed by atoms with Gasteiger partial charge in [0.15, 0.2) is 5.82 Å². The molecule has 2 unspecified atom stereocenters. The Morgan fingerprint density at radius 1 is 1.38 bits per heavy atom. The van der Waals surface area contributed by atoms with E-state index in [1.165, 1.54) is 0 Å². The van der Waals surface area contributed by atoms with Crippen molar-refractivity contribution in [2.45, 2.75) is 31.7 Å². The van der Waals surface area contributed by atoms with Crippen LogP contribution in [0.5, 0.6) is 0 Å². The largest absolute Gasteiger partial charge is 0.306 e. The highest BCUT2D eigenvalue weighted by molar-refractivity contribution is 5.99. The summed E-state index contributed by atoms with van der Waals surface area (Å²) in [5.41, 5.74) is 2.84. The lowest BCUT2D eigenvalue weighted by Crippen LogP contribution is -2.30. The smallest absolute Gasteiger partial charge is 0.276 e. The Morgan fingerprint density at radius 2 is 2.17 bits per heavy atom. The van der Waals surface area contributed by atoms with Crippen molar-refractivity contribution in [3.63, 3.8) is 0 Å². The maximum atomic E-state index is 11.6. The molecule has 1 aromatic heterocycles. The van der Waals surface area contributed by atoms with E-state index in [-0.39, 0.29) is 10.6 Å². The molecule has 1 aliphatic heterocycles. The van der Waals surface area contributed by atoms with Crippen molar-refractivity contribution in [1.82, 2.24) is 10.2 Å². The van der Waals surface area contributed by atoms with Crippen LogP contribution >= 0.6 is 0 Å². The number of fused-ring (bicyclic) bond motifs is 1. The molecule has 0 spiro atoms. The van der Waals surface area contributed by atoms with E-state index in [2.05, 4.69) is 20.0 Å². The third kappa shape index (κ3) is 2.11. The van der Waals surface area contributed by atoms with E-state index >= 15 is 0 Å². The number of nitro groups is 1. The molecule has 24 heavy (non-hydrogen) atoms. The predicted molar refractivity (Wildman–Crippen MR) is 88.5 cm³/mol. The average Bonchev–Trinajstić information content (AvgIpc) is 3.30. The van der Waals surface area contributed by atoms with E-state index in [9.17, 15) is 10.1 Å². The van der Waals surface area contributed by atoms with Crippen LogP contribution in [0, 0.1) is 29.5 Å². The Hall–Kier alpha value is -3.01. The number of aliphatic imine (C=N–C) groups is 1. The highest BCUT2D eigenvalue weighted by atomic mass is 16.6. The van der Waals surface area contributed by atoms with E-state index in [0.717, 1.165) is 24.1 Å². The normalized spacial score (nSPS) is 22.4. The number of hydrogen-bond acceptors (Lipinski definition) is 4. The fraction of sp³-hybridized carbons (Fsp3) is 0.353. The van der Waals surface area contributed by atoms with E-state index in [4.69, 9.17) is 6.57 Å². The summed E-state index contributed by atoms with van der Waals surface area (Å²) in [4.78, 5) is 19.7. The zero-order chi connectivity index (χ0) is 16.8. The second-order valence-corrected chi connectivity index (χ2v) is 6.31. The lowest BCUT2D eigenvalue weighted by Gasteiger charge is -2.24. The van der Waals surface area contributed by atoms with Crippen molar-refractivity contribution >= 4 is 17.2 Å². The van der Waals surface area contributed by atoms with Crippen LogP contribution in [0.1, 0.15) is 35.4 Å². The number of para-hydroxylation sites is 1. The number of aromatic amines is 1. The van der Waals surface area contributed by atoms with E-state index in [1.54, 1.807) is 31.3 Å². The molecule has 0 saturated heterocycles. The monoisotopic (exact) mass is 321 g/mol. The minimum Gasteiger partial charge on any atom is -0.306 e. The predicted octanol–water partition coefficient (Wildman–Crippen LogP) is 3.54. The van der Waals surface area contributed by atoms with Crippen LogP contribution in [-0.4, -0.2) is 26.9 Å². The van der Waals surface area contributed by atoms with Crippen LogP contribution in [0.4, 0.5) is 11.5 Å². The minimum absolute atomic E-state index is 0.0837. The second-order valence-electron chi connectivity index (χ2n) is 6.31. The first-order valence-electron chi connectivity index (χ1n) is 7.84. The maximum absolute atomic E-state index is 11.6. The quantitative estimate of drug-likeness (QED) is 0.532. The summed E-state index contributed by atoms with van der Waals surface area (Å²) < 4.78 is 0. The van der Waals surface area contributed by atoms with E-state index in [1.807, 2.05) is 0 Å². The van der Waals surface area contributed by atoms with E-state index < -0.39 is 12.0 Å². The summed E-state index contributed by atoms with van der Waals surface area (Å²) in [6.07, 6.45) is 3.69. The van der Waals surface area contributed by atoms with Crippen LogP contribution in [0.15, 0.2) is 29.4 Å². The first kappa shape index (κ1) is 14.6. The lowest BCUT2D eigenvalue weighted by atomic mass is 9.80. The molecule has 0 amide bonds. The molecule has 1 saturated carbocycles. The van der Waals surface area contributed by atoms with Crippen molar-refractivity contribution < 1.29 is 4.92 Å². The van der Waals surface area contributed by atoms with Crippen LogP contribution in [0.3, 0.4) is 0 Å². The Kier molecular flexibility index (Phi) is 3.20. The number of rotatable bonds is 3. The van der Waals surface area contributed by atoms with Crippen LogP contribution in [0.25, 0.3) is 4.85 Å². The molecule has 2 aliphatic rings. The van der Waals surface area contributed by atoms with Gasteiger partial charge in [-0.25, -0.2) is 11.6 Å². The van der Waals surface area contributed by atoms with Gasteiger partial charge in [0.2, 0.25) is 0 Å². The van der Waals surface area contributed by atoms with Gasteiger partial charge in [-0.1, -0.05) is 18.2 Å². The molecular formula is C17H15N5O2. The van der Waals surface area contributed by atoms with Crippen molar-refractivity contribution in [2.24, 2.45) is 10.9 Å². The molecular weight excluding hydrogens is 306 g/mol. The van der Waals surface area contributed by atoms with Gasteiger partial charge in [0.05, 0.1) is 11.1 Å². The lowest BCUT2D eigenvalue weighted by molar-refractivity contribution is -0.386. The highest BCUT2D eigenvalue weighted by Crippen LogP contribution is 2.47. The second kappa shape index (κ2) is 5.27. The van der Waals surface area contributed by atoms with Gasteiger partial charge in [-0.05, 0) is 19.8 Å². The molecule has 2 atom stereocenters. The van der Waals surface area contributed by atoms with Crippen molar-refractivity contribution in [2.75, 3.05) is 0 Å². The molecule has 1 N–H and O–H groups in total. The zero-order valence-electron chi connectivity index (χ0n) is 13.1. The van der Waals surface area contributed by atoms with Gasteiger partial charge in [0, 0.05) is 22.6 Å². The zero-order valence-corrected chi connectivity index (χ0v) is 13.1. The molecule has 2 heterocycles. The minimum atomic E-state index is -0.511. The molecule has 0 radical (unpaired) electrons. The Morgan fingerprint density at radius 3 is 2.83 bits per heavy atom. The average molecular weight is 321 g/mol. The first-order valence-corrected chi connectivity index (χ1v) is 7.84. The third-order valence-electron chi connectivity index (χ3n) is 4.76. The summed E-state index contributed by atoms with van der Waals surface area (Å²) in [6, 6.07) is 4.77. The van der Waals surface area contributed by atoms with E-state index in [0.29, 0.717) is 22.9 Å². The molecule has 0 bridgehead atoms. The molecule has 4 rings (SSSR count). The molecule has 1 aromatic carbocycles. The van der Waals surface area contributed by atoms with Crippen LogP contribution in [-0.2, 0) is 0 Å². The van der Waals surface area contributed by atoms with Gasteiger partial charge in [-0.2, -0.15) is 5.10 Å². The molecule has 2 aromatic rings. The first-order chi connectivity index (χ1) is 11.6. The number of nitrogens with zero attached hydrogens (tertiary/aromatic N) is 4. The Balaban J connectivity index is 1.95. The third-order valence-corrected chi connectivity index (χ3v) is 4.76. The number of nitrogens with one attached hydrogen (secondary N) is 1. The van der Waals surface area contributed by atoms with Gasteiger partial charge in [-0.15, -0.1) is 0 Å². The fourth-order valence-corrected chi connectivity index (χ4v) is 3.51. The molecule has 120 valence electrons. The number of aryl methyl sites for hydroxylation is 1. The van der Waals surface area contributed by atoms with Gasteiger partial charge >= 0.3 is 0 Å². The SMILES string of the molecule is [C-]#[N+]C1C(C2CC2)=Nc2[nH]ncc2C1c1cccc(C)c1[N+](=O)[O-]. The van der Waals surface area contributed by atoms with Crippen LogP contribution < -0.4 is 0 Å². The van der Waals surface area contributed by atoms with Gasteiger partial charge in [0.25, 0.3) is 11.7 Å². The number of benzene rings is 1. The van der Waals surface area contributed by atoms with Crippen molar-refractivity contribution in [3.05, 3.63) is 62.6 Å². The maximum Gasteiger partial charge on any atom is 0.276 e. The summed E-state index contributed by atoms with van der Waals surface area (Å²) in [5.74, 6) is 0.522. The fourth-order valence-electron chi connectivity index (χ4n) is 3.51. The molecule has 1 aliphatic carbocycles. The Bertz CT molecular complexity index is 904. The van der Waals surface area contributed by atoms with Crippen molar-refractivity contribution in [1.29, 1.82) is 0 Å². The number of H-pyrrole nitrogens is 1.